The van der Waals surface area contributed by atoms with Gasteiger partial charge in [-0.15, -0.1) is 0 Å². The molecule has 0 bridgehead atoms. The molecule has 1 unspecified atom stereocenters. The second-order valence-electron chi connectivity index (χ2n) is 5.80. The predicted octanol–water partition coefficient (Wildman–Crippen LogP) is 2.29. The molecule has 1 fully saturated rings. The van der Waals surface area contributed by atoms with E-state index in [0.717, 1.165) is 18.8 Å². The molecule has 0 spiro atoms. The SMILES string of the molecule is Oc1ccc2c(c1)OCC2NCCN1CCCCCC1. The number of rotatable bonds is 4. The highest BCUT2D eigenvalue weighted by Crippen LogP contribution is 2.34. The molecule has 0 amide bonds. The summed E-state index contributed by atoms with van der Waals surface area (Å²) >= 11 is 0. The number of hydrogen-bond donors (Lipinski definition) is 2. The molecule has 4 nitrogen and oxygen atoms in total. The number of ether oxygens (including phenoxy) is 1. The lowest BCUT2D eigenvalue weighted by Crippen LogP contribution is -2.34. The van der Waals surface area contributed by atoms with Crippen LogP contribution < -0.4 is 10.1 Å². The number of likely N-dealkylation sites (tertiary alicyclic amines) is 1. The third kappa shape index (κ3) is 3.25. The van der Waals surface area contributed by atoms with Gasteiger partial charge in [0.25, 0.3) is 0 Å². The molecule has 4 heteroatoms. The molecule has 0 saturated carbocycles. The van der Waals surface area contributed by atoms with Crippen LogP contribution in [0.2, 0.25) is 0 Å². The highest BCUT2D eigenvalue weighted by molar-refractivity contribution is 5.44. The second kappa shape index (κ2) is 6.46. The highest BCUT2D eigenvalue weighted by Gasteiger charge is 2.23. The normalized spacial score (nSPS) is 23.1. The Morgan fingerprint density at radius 1 is 1.20 bits per heavy atom. The standard InChI is InChI=1S/C16H24N2O2/c19-13-5-6-14-15(12-20-16(14)11-13)17-7-10-18-8-3-1-2-4-9-18/h5-6,11,15,17,19H,1-4,7-10,12H2. The van der Waals surface area contributed by atoms with E-state index in [1.807, 2.05) is 6.07 Å². The molecule has 1 saturated heterocycles. The third-order valence-corrected chi connectivity index (χ3v) is 4.30. The van der Waals surface area contributed by atoms with Crippen molar-refractivity contribution in [2.45, 2.75) is 31.7 Å². The summed E-state index contributed by atoms with van der Waals surface area (Å²) < 4.78 is 5.62. The first-order valence-electron chi connectivity index (χ1n) is 7.74. The molecule has 20 heavy (non-hydrogen) atoms. The summed E-state index contributed by atoms with van der Waals surface area (Å²) in [6.45, 7) is 5.26. The molecule has 0 aliphatic carbocycles. The Kier molecular flexibility index (Phi) is 4.43. The van der Waals surface area contributed by atoms with Crippen molar-refractivity contribution in [1.82, 2.24) is 10.2 Å². The van der Waals surface area contributed by atoms with E-state index in [4.69, 9.17) is 4.74 Å². The number of phenols is 1. The molecule has 3 rings (SSSR count). The van der Waals surface area contributed by atoms with Crippen molar-refractivity contribution in [2.75, 3.05) is 32.8 Å². The summed E-state index contributed by atoms with van der Waals surface area (Å²) in [6.07, 6.45) is 5.46. The van der Waals surface area contributed by atoms with Crippen molar-refractivity contribution >= 4 is 0 Å². The van der Waals surface area contributed by atoms with Gasteiger partial charge < -0.3 is 20.1 Å². The van der Waals surface area contributed by atoms with Crippen molar-refractivity contribution in [3.05, 3.63) is 23.8 Å². The molecule has 110 valence electrons. The summed E-state index contributed by atoms with van der Waals surface area (Å²) in [7, 11) is 0. The fourth-order valence-electron chi connectivity index (χ4n) is 3.12. The van der Waals surface area contributed by atoms with Gasteiger partial charge in [0.15, 0.2) is 0 Å². The molecule has 2 aliphatic heterocycles. The van der Waals surface area contributed by atoms with Crippen LogP contribution in [-0.4, -0.2) is 42.8 Å². The van der Waals surface area contributed by atoms with E-state index in [1.54, 1.807) is 12.1 Å². The lowest BCUT2D eigenvalue weighted by Gasteiger charge is -2.21. The molecule has 2 heterocycles. The molecular weight excluding hydrogens is 252 g/mol. The average molecular weight is 276 g/mol. The molecule has 2 aliphatic rings. The summed E-state index contributed by atoms with van der Waals surface area (Å²) in [6, 6.07) is 5.65. The minimum absolute atomic E-state index is 0.262. The molecule has 0 radical (unpaired) electrons. The first kappa shape index (κ1) is 13.7. The topological polar surface area (TPSA) is 44.7 Å². The zero-order valence-corrected chi connectivity index (χ0v) is 12.0. The molecule has 1 aromatic carbocycles. The number of nitrogens with one attached hydrogen (secondary N) is 1. The van der Waals surface area contributed by atoms with Gasteiger partial charge in [-0.05, 0) is 38.1 Å². The number of hydrogen-bond acceptors (Lipinski definition) is 4. The number of phenolic OH excluding ortho intramolecular Hbond substituents is 1. The summed E-state index contributed by atoms with van der Waals surface area (Å²) in [5.41, 5.74) is 1.17. The van der Waals surface area contributed by atoms with Crippen LogP contribution in [0.5, 0.6) is 11.5 Å². The number of aromatic hydroxyl groups is 1. The first-order chi connectivity index (χ1) is 9.83. The number of fused-ring (bicyclic) bond motifs is 1. The van der Waals surface area contributed by atoms with Crippen molar-refractivity contribution in [3.8, 4) is 11.5 Å². The van der Waals surface area contributed by atoms with E-state index < -0.39 is 0 Å². The maximum absolute atomic E-state index is 9.45. The van der Waals surface area contributed by atoms with Crippen LogP contribution in [0.3, 0.4) is 0 Å². The lowest BCUT2D eigenvalue weighted by atomic mass is 10.1. The fraction of sp³-hybridized carbons (Fsp3) is 0.625. The van der Waals surface area contributed by atoms with Gasteiger partial charge in [0.05, 0.1) is 6.04 Å². The third-order valence-electron chi connectivity index (χ3n) is 4.30. The molecule has 0 aromatic heterocycles. The van der Waals surface area contributed by atoms with Gasteiger partial charge in [-0.1, -0.05) is 12.8 Å². The van der Waals surface area contributed by atoms with Gasteiger partial charge in [0.2, 0.25) is 0 Å². The van der Waals surface area contributed by atoms with E-state index in [-0.39, 0.29) is 11.8 Å². The summed E-state index contributed by atoms with van der Waals surface area (Å²) in [4.78, 5) is 2.56. The number of benzene rings is 1. The molecule has 2 N–H and O–H groups in total. The van der Waals surface area contributed by atoms with Gasteiger partial charge >= 0.3 is 0 Å². The second-order valence-corrected chi connectivity index (χ2v) is 5.80. The van der Waals surface area contributed by atoms with Crippen LogP contribution in [-0.2, 0) is 0 Å². The minimum Gasteiger partial charge on any atom is -0.508 e. The first-order valence-corrected chi connectivity index (χ1v) is 7.74. The molecule has 1 aromatic rings. The Hall–Kier alpha value is -1.26. The smallest absolute Gasteiger partial charge is 0.127 e. The van der Waals surface area contributed by atoms with Crippen molar-refractivity contribution in [2.24, 2.45) is 0 Å². The highest BCUT2D eigenvalue weighted by atomic mass is 16.5. The summed E-state index contributed by atoms with van der Waals surface area (Å²) in [5.74, 6) is 1.09. The van der Waals surface area contributed by atoms with Crippen LogP contribution in [0.25, 0.3) is 0 Å². The number of nitrogens with zero attached hydrogens (tertiary/aromatic N) is 1. The Morgan fingerprint density at radius 3 is 2.80 bits per heavy atom. The van der Waals surface area contributed by atoms with Crippen molar-refractivity contribution < 1.29 is 9.84 Å². The van der Waals surface area contributed by atoms with E-state index in [9.17, 15) is 5.11 Å². The Balaban J connectivity index is 1.48. The van der Waals surface area contributed by atoms with Crippen LogP contribution in [0.4, 0.5) is 0 Å². The van der Waals surface area contributed by atoms with Gasteiger partial charge in [-0.25, -0.2) is 0 Å². The fourth-order valence-corrected chi connectivity index (χ4v) is 3.12. The average Bonchev–Trinajstić information content (AvgIpc) is 2.67. The largest absolute Gasteiger partial charge is 0.508 e. The van der Waals surface area contributed by atoms with Crippen LogP contribution in [0.1, 0.15) is 37.3 Å². The van der Waals surface area contributed by atoms with E-state index in [0.29, 0.717) is 6.61 Å². The van der Waals surface area contributed by atoms with Crippen molar-refractivity contribution in [3.63, 3.8) is 0 Å². The Labute approximate surface area is 120 Å². The van der Waals surface area contributed by atoms with Crippen LogP contribution in [0, 0.1) is 0 Å². The zero-order chi connectivity index (χ0) is 13.8. The van der Waals surface area contributed by atoms with Gasteiger partial charge in [-0.2, -0.15) is 0 Å². The zero-order valence-electron chi connectivity index (χ0n) is 12.0. The van der Waals surface area contributed by atoms with E-state index >= 15 is 0 Å². The van der Waals surface area contributed by atoms with Gasteiger partial charge in [0.1, 0.15) is 18.1 Å². The molecule has 1 atom stereocenters. The predicted molar refractivity (Wildman–Crippen MR) is 79.3 cm³/mol. The maximum Gasteiger partial charge on any atom is 0.127 e. The monoisotopic (exact) mass is 276 g/mol. The Bertz CT molecular complexity index is 442. The van der Waals surface area contributed by atoms with Crippen LogP contribution >= 0.6 is 0 Å². The minimum atomic E-state index is 0.262. The van der Waals surface area contributed by atoms with E-state index in [2.05, 4.69) is 10.2 Å². The maximum atomic E-state index is 9.45. The van der Waals surface area contributed by atoms with Gasteiger partial charge in [-0.3, -0.25) is 0 Å². The van der Waals surface area contributed by atoms with Crippen LogP contribution in [0.15, 0.2) is 18.2 Å². The summed E-state index contributed by atoms with van der Waals surface area (Å²) in [5, 5.41) is 13.0. The lowest BCUT2D eigenvalue weighted by molar-refractivity contribution is 0.266. The van der Waals surface area contributed by atoms with E-state index in [1.165, 1.54) is 44.3 Å². The molecular formula is C16H24N2O2. The Morgan fingerprint density at radius 2 is 2.00 bits per heavy atom. The van der Waals surface area contributed by atoms with Crippen molar-refractivity contribution in [1.29, 1.82) is 0 Å². The quantitative estimate of drug-likeness (QED) is 0.885. The van der Waals surface area contributed by atoms with Gasteiger partial charge in [0, 0.05) is 24.7 Å².